The minimum atomic E-state index is -1.09. The lowest BCUT2D eigenvalue weighted by molar-refractivity contribution is -0.134. The van der Waals surface area contributed by atoms with E-state index in [0.717, 1.165) is 34.7 Å². The summed E-state index contributed by atoms with van der Waals surface area (Å²) in [4.78, 5) is 47.0. The Hall–Kier alpha value is -4.34. The molecular formula is C36H43N5O4. The van der Waals surface area contributed by atoms with Crippen LogP contribution in [0.1, 0.15) is 57.2 Å². The van der Waals surface area contributed by atoms with Crippen LogP contribution in [0, 0.1) is 11.8 Å². The van der Waals surface area contributed by atoms with Crippen LogP contribution in [0.15, 0.2) is 85.3 Å². The third-order valence-electron chi connectivity index (χ3n) is 8.55. The zero-order valence-electron chi connectivity index (χ0n) is 26.3. The Balaban J connectivity index is 1.38. The molecule has 0 aliphatic carbocycles. The molecule has 1 aliphatic heterocycles. The van der Waals surface area contributed by atoms with Gasteiger partial charge in [-0.1, -0.05) is 79.7 Å². The summed E-state index contributed by atoms with van der Waals surface area (Å²) in [5.74, 6) is -0.547. The molecule has 2 amide bonds. The number of ketones is 1. The quantitative estimate of drug-likeness (QED) is 0.223. The van der Waals surface area contributed by atoms with Gasteiger partial charge in [0.2, 0.25) is 11.8 Å². The lowest BCUT2D eigenvalue weighted by atomic mass is 9.91. The molecule has 1 saturated heterocycles. The Morgan fingerprint density at radius 2 is 1.69 bits per heavy atom. The SMILES string of the molecule is CC1CCN(C(=O)C(c2cccc3ccccc23)n2cnc(NC(=O)[C@@H](COCc3ccccc3)CC(=O)C(C)(C)N)c2)CC1. The van der Waals surface area contributed by atoms with Gasteiger partial charge < -0.3 is 25.3 Å². The van der Waals surface area contributed by atoms with Crippen LogP contribution in [0.2, 0.25) is 0 Å². The number of benzene rings is 3. The van der Waals surface area contributed by atoms with Gasteiger partial charge in [0, 0.05) is 25.7 Å². The molecule has 1 aromatic heterocycles. The molecule has 3 N–H and O–H groups in total. The summed E-state index contributed by atoms with van der Waals surface area (Å²) in [5, 5.41) is 4.90. The molecule has 45 heavy (non-hydrogen) atoms. The molecule has 0 spiro atoms. The number of Topliss-reactive ketones (excluding diaryl/α,β-unsaturated/α-hetero) is 1. The van der Waals surface area contributed by atoms with Gasteiger partial charge in [-0.3, -0.25) is 14.4 Å². The predicted octanol–water partition coefficient (Wildman–Crippen LogP) is 5.35. The number of nitrogens with zero attached hydrogens (tertiary/aromatic N) is 3. The molecule has 9 nitrogen and oxygen atoms in total. The third kappa shape index (κ3) is 8.04. The number of anilines is 1. The molecule has 2 heterocycles. The average Bonchev–Trinajstić information content (AvgIpc) is 3.48. The lowest BCUT2D eigenvalue weighted by Crippen LogP contribution is -2.44. The molecule has 236 valence electrons. The van der Waals surface area contributed by atoms with Crippen LogP contribution in [0.5, 0.6) is 0 Å². The van der Waals surface area contributed by atoms with Gasteiger partial charge in [0.15, 0.2) is 11.6 Å². The van der Waals surface area contributed by atoms with E-state index in [1.54, 1.807) is 30.9 Å². The van der Waals surface area contributed by atoms with Gasteiger partial charge in [-0.15, -0.1) is 0 Å². The second-order valence-electron chi connectivity index (χ2n) is 12.7. The van der Waals surface area contributed by atoms with E-state index >= 15 is 0 Å². The maximum absolute atomic E-state index is 14.2. The first kappa shape index (κ1) is 32.1. The third-order valence-corrected chi connectivity index (χ3v) is 8.55. The first-order valence-corrected chi connectivity index (χ1v) is 15.6. The molecule has 3 aromatic carbocycles. The highest BCUT2D eigenvalue weighted by atomic mass is 16.5. The van der Waals surface area contributed by atoms with Crippen molar-refractivity contribution in [1.29, 1.82) is 0 Å². The van der Waals surface area contributed by atoms with E-state index in [2.05, 4.69) is 17.2 Å². The molecule has 1 unspecified atom stereocenters. The van der Waals surface area contributed by atoms with Crippen LogP contribution in [-0.2, 0) is 25.7 Å². The molecule has 0 radical (unpaired) electrons. The number of fused-ring (bicyclic) bond motifs is 1. The van der Waals surface area contributed by atoms with Crippen molar-refractivity contribution in [2.45, 2.75) is 58.2 Å². The molecule has 2 atom stereocenters. The summed E-state index contributed by atoms with van der Waals surface area (Å²) in [5.41, 5.74) is 6.81. The minimum absolute atomic E-state index is 0.00325. The molecule has 5 rings (SSSR count). The summed E-state index contributed by atoms with van der Waals surface area (Å²) in [6.45, 7) is 7.23. The minimum Gasteiger partial charge on any atom is -0.376 e. The van der Waals surface area contributed by atoms with Crippen LogP contribution >= 0.6 is 0 Å². The number of piperidine rings is 1. The molecule has 4 aromatic rings. The number of rotatable bonds is 12. The zero-order chi connectivity index (χ0) is 32.0. The van der Waals surface area contributed by atoms with E-state index in [9.17, 15) is 14.4 Å². The van der Waals surface area contributed by atoms with Crippen molar-refractivity contribution in [1.82, 2.24) is 14.5 Å². The summed E-state index contributed by atoms with van der Waals surface area (Å²) in [6, 6.07) is 23.0. The van der Waals surface area contributed by atoms with Gasteiger partial charge in [0.25, 0.3) is 0 Å². The van der Waals surface area contributed by atoms with Gasteiger partial charge in [-0.25, -0.2) is 4.98 Å². The van der Waals surface area contributed by atoms with Crippen molar-refractivity contribution < 1.29 is 19.1 Å². The van der Waals surface area contributed by atoms with E-state index in [-0.39, 0.29) is 30.5 Å². The predicted molar refractivity (Wildman–Crippen MR) is 175 cm³/mol. The Kier molecular flexibility index (Phi) is 10.1. The van der Waals surface area contributed by atoms with E-state index in [4.69, 9.17) is 10.5 Å². The molecule has 9 heteroatoms. The maximum Gasteiger partial charge on any atom is 0.250 e. The van der Waals surface area contributed by atoms with Crippen LogP contribution < -0.4 is 11.1 Å². The topological polar surface area (TPSA) is 120 Å². The van der Waals surface area contributed by atoms with Crippen molar-refractivity contribution >= 4 is 34.2 Å². The smallest absolute Gasteiger partial charge is 0.250 e. The van der Waals surface area contributed by atoms with Gasteiger partial charge in [-0.2, -0.15) is 0 Å². The van der Waals surface area contributed by atoms with Gasteiger partial charge in [0.1, 0.15) is 6.04 Å². The number of ether oxygens (including phenoxy) is 1. The normalized spacial score (nSPS) is 15.5. The first-order valence-electron chi connectivity index (χ1n) is 15.6. The van der Waals surface area contributed by atoms with E-state index in [1.807, 2.05) is 77.7 Å². The highest BCUT2D eigenvalue weighted by molar-refractivity contribution is 5.97. The molecular weight excluding hydrogens is 566 g/mol. The summed E-state index contributed by atoms with van der Waals surface area (Å²) < 4.78 is 7.64. The van der Waals surface area contributed by atoms with Crippen LogP contribution in [0.25, 0.3) is 10.8 Å². The maximum atomic E-state index is 14.2. The second-order valence-corrected chi connectivity index (χ2v) is 12.7. The number of nitrogens with one attached hydrogen (secondary N) is 1. The van der Waals surface area contributed by atoms with E-state index in [1.165, 1.54) is 0 Å². The highest BCUT2D eigenvalue weighted by Gasteiger charge is 2.32. The van der Waals surface area contributed by atoms with Gasteiger partial charge >= 0.3 is 0 Å². The average molecular weight is 610 g/mol. The van der Waals surface area contributed by atoms with E-state index < -0.39 is 23.4 Å². The van der Waals surface area contributed by atoms with Crippen molar-refractivity contribution in [2.24, 2.45) is 17.6 Å². The summed E-state index contributed by atoms with van der Waals surface area (Å²) in [7, 11) is 0. The molecule has 0 bridgehead atoms. The number of aromatic nitrogens is 2. The Morgan fingerprint density at radius 1 is 1.00 bits per heavy atom. The zero-order valence-corrected chi connectivity index (χ0v) is 26.3. The first-order chi connectivity index (χ1) is 21.6. The number of hydrogen-bond donors (Lipinski definition) is 2. The number of likely N-dealkylation sites (tertiary alicyclic amines) is 1. The van der Waals surface area contributed by atoms with Crippen LogP contribution in [-0.4, -0.2) is 57.3 Å². The molecule has 1 fully saturated rings. The van der Waals surface area contributed by atoms with E-state index in [0.29, 0.717) is 25.6 Å². The summed E-state index contributed by atoms with van der Waals surface area (Å²) >= 11 is 0. The lowest BCUT2D eigenvalue weighted by Gasteiger charge is -2.33. The van der Waals surface area contributed by atoms with Crippen molar-refractivity contribution in [3.05, 3.63) is 96.4 Å². The number of hydrogen-bond acceptors (Lipinski definition) is 6. The number of carbonyl (C=O) groups is 3. The van der Waals surface area contributed by atoms with Crippen molar-refractivity contribution in [3.8, 4) is 0 Å². The van der Waals surface area contributed by atoms with Gasteiger partial charge in [-0.05, 0) is 54.5 Å². The fourth-order valence-corrected chi connectivity index (χ4v) is 5.69. The second kappa shape index (κ2) is 14.2. The monoisotopic (exact) mass is 609 g/mol. The number of imidazole rings is 1. The van der Waals surface area contributed by atoms with Crippen molar-refractivity contribution in [2.75, 3.05) is 25.0 Å². The number of amides is 2. The number of carbonyl (C=O) groups excluding carboxylic acids is 3. The highest BCUT2D eigenvalue weighted by Crippen LogP contribution is 2.31. The standard InChI is InChI=1S/C36H43N5O4/c1-25-16-18-40(19-17-25)35(44)33(30-15-9-13-27-12-7-8-14-29(27)30)41-21-32(38-24-41)39-34(43)28(20-31(42)36(2,3)37)23-45-22-26-10-5-4-6-11-26/h4-15,21,24-25,28,33H,16-20,22-23,37H2,1-3H3,(H,39,43)/t28-,33?/m1/s1. The fourth-order valence-electron chi connectivity index (χ4n) is 5.69. The molecule has 0 saturated carbocycles. The Labute approximate surface area is 264 Å². The Morgan fingerprint density at radius 3 is 2.42 bits per heavy atom. The van der Waals surface area contributed by atoms with Crippen molar-refractivity contribution in [3.63, 3.8) is 0 Å². The molecule has 1 aliphatic rings. The number of nitrogens with two attached hydrogens (primary N) is 1. The van der Waals surface area contributed by atoms with Crippen LogP contribution in [0.3, 0.4) is 0 Å². The van der Waals surface area contributed by atoms with Crippen LogP contribution in [0.4, 0.5) is 5.82 Å². The summed E-state index contributed by atoms with van der Waals surface area (Å²) in [6.07, 6.45) is 5.12. The fraction of sp³-hybridized carbons (Fsp3) is 0.389. The Bertz CT molecular complexity index is 1610. The largest absolute Gasteiger partial charge is 0.376 e. The van der Waals surface area contributed by atoms with Gasteiger partial charge in [0.05, 0.1) is 31.0 Å².